The van der Waals surface area contributed by atoms with Gasteiger partial charge in [0.25, 0.3) is 0 Å². The first kappa shape index (κ1) is 24.4. The number of aliphatic hydroxyl groups excluding tert-OH is 1. The van der Waals surface area contributed by atoms with Crippen molar-refractivity contribution in [1.29, 1.82) is 0 Å². The minimum atomic E-state index is -0.653. The van der Waals surface area contributed by atoms with E-state index in [0.717, 1.165) is 38.5 Å². The van der Waals surface area contributed by atoms with Crippen LogP contribution in [0.5, 0.6) is 0 Å². The molecule has 2 unspecified atom stereocenters. The molecule has 3 amide bonds. The molecule has 0 aromatic carbocycles. The highest BCUT2D eigenvalue weighted by atomic mass is 32.2. The number of likely N-dealkylation sites (tertiary alicyclic amines) is 1. The number of rotatable bonds is 10. The van der Waals surface area contributed by atoms with Crippen molar-refractivity contribution in [3.63, 3.8) is 0 Å². The fraction of sp³-hybridized carbons (Fsp3) is 0.870. The second-order valence-electron chi connectivity index (χ2n) is 9.72. The van der Waals surface area contributed by atoms with Crippen molar-refractivity contribution in [3.05, 3.63) is 0 Å². The van der Waals surface area contributed by atoms with Crippen LogP contribution in [0, 0.1) is 17.8 Å². The highest BCUT2D eigenvalue weighted by Gasteiger charge is 2.77. The lowest BCUT2D eigenvalue weighted by atomic mass is 9.66. The van der Waals surface area contributed by atoms with E-state index in [0.29, 0.717) is 6.54 Å². The summed E-state index contributed by atoms with van der Waals surface area (Å²) in [6.45, 7) is 8.63. The summed E-state index contributed by atoms with van der Waals surface area (Å²) in [4.78, 5) is 42.0. The lowest BCUT2D eigenvalue weighted by Crippen LogP contribution is -2.57. The number of hydrogen-bond acceptors (Lipinski definition) is 5. The Hall–Kier alpha value is -1.28. The van der Waals surface area contributed by atoms with E-state index in [9.17, 15) is 19.5 Å². The first-order valence-electron chi connectivity index (χ1n) is 11.8. The Morgan fingerprint density at radius 1 is 1.26 bits per heavy atom. The first-order chi connectivity index (χ1) is 14.7. The quantitative estimate of drug-likeness (QED) is 0.439. The molecule has 176 valence electrons. The molecule has 3 N–H and O–H groups in total. The Labute approximate surface area is 190 Å². The summed E-state index contributed by atoms with van der Waals surface area (Å²) in [6, 6.07) is -1.08. The van der Waals surface area contributed by atoms with E-state index in [1.807, 2.05) is 13.8 Å². The number of thioether (sulfide) groups is 1. The van der Waals surface area contributed by atoms with E-state index in [1.54, 1.807) is 23.7 Å². The molecule has 7 atom stereocenters. The van der Waals surface area contributed by atoms with Crippen LogP contribution in [0.15, 0.2) is 0 Å². The van der Waals surface area contributed by atoms with Crippen molar-refractivity contribution in [3.8, 4) is 0 Å². The molecule has 3 aliphatic rings. The van der Waals surface area contributed by atoms with Gasteiger partial charge in [-0.05, 0) is 32.1 Å². The maximum absolute atomic E-state index is 13.9. The van der Waals surface area contributed by atoms with Crippen LogP contribution in [0.4, 0.5) is 0 Å². The molecule has 7 nitrogen and oxygen atoms in total. The third-order valence-electron chi connectivity index (χ3n) is 7.92. The molecule has 3 heterocycles. The van der Waals surface area contributed by atoms with Crippen LogP contribution in [-0.2, 0) is 14.4 Å². The van der Waals surface area contributed by atoms with Gasteiger partial charge in [0, 0.05) is 18.3 Å². The molecule has 8 heteroatoms. The number of unbranched alkanes of at least 4 members (excludes halogenated alkanes) is 2. The molecule has 3 saturated heterocycles. The largest absolute Gasteiger partial charge is 0.394 e. The average molecular weight is 454 g/mol. The summed E-state index contributed by atoms with van der Waals surface area (Å²) >= 11 is 1.67. The number of nitrogens with one attached hydrogen (secondary N) is 2. The number of carbonyl (C=O) groups excluding carboxylic acids is 3. The maximum Gasteiger partial charge on any atom is 0.244 e. The normalized spacial score (nSPS) is 35.7. The SMILES string of the molecule is CCCCCNC(=O)C1N([C@@H](CO)[C@@H](C)CC)C(=O)[C@@H]2[C@@H](C(=O)NC)[C@@]3(C)CCC12S3. The van der Waals surface area contributed by atoms with E-state index in [4.69, 9.17) is 0 Å². The first-order valence-corrected chi connectivity index (χ1v) is 12.7. The Kier molecular flexibility index (Phi) is 7.31. The number of carbonyl (C=O) groups is 3. The molecule has 3 rings (SSSR count). The van der Waals surface area contributed by atoms with Crippen molar-refractivity contribution in [2.75, 3.05) is 20.2 Å². The predicted octanol–water partition coefficient (Wildman–Crippen LogP) is 1.93. The van der Waals surface area contributed by atoms with Crippen LogP contribution in [0.1, 0.15) is 66.2 Å². The van der Waals surface area contributed by atoms with Crippen molar-refractivity contribution >= 4 is 29.5 Å². The lowest BCUT2D eigenvalue weighted by Gasteiger charge is -2.39. The highest BCUT2D eigenvalue weighted by Crippen LogP contribution is 2.71. The molecule has 1 spiro atoms. The maximum atomic E-state index is 13.9. The van der Waals surface area contributed by atoms with Gasteiger partial charge < -0.3 is 20.6 Å². The van der Waals surface area contributed by atoms with Gasteiger partial charge in [-0.2, -0.15) is 0 Å². The fourth-order valence-corrected chi connectivity index (χ4v) is 8.42. The summed E-state index contributed by atoms with van der Waals surface area (Å²) in [5, 5.41) is 16.1. The van der Waals surface area contributed by atoms with Gasteiger partial charge in [-0.3, -0.25) is 14.4 Å². The third kappa shape index (κ3) is 3.77. The molecule has 31 heavy (non-hydrogen) atoms. The Bertz CT molecular complexity index is 719. The van der Waals surface area contributed by atoms with E-state index >= 15 is 0 Å². The number of amides is 3. The second-order valence-corrected chi connectivity index (χ2v) is 11.6. The zero-order chi connectivity index (χ0) is 23.0. The van der Waals surface area contributed by atoms with Gasteiger partial charge in [0.15, 0.2) is 0 Å². The smallest absolute Gasteiger partial charge is 0.244 e. The Balaban J connectivity index is 2.02. The monoisotopic (exact) mass is 453 g/mol. The van der Waals surface area contributed by atoms with Gasteiger partial charge in [0.05, 0.1) is 29.2 Å². The van der Waals surface area contributed by atoms with Crippen molar-refractivity contribution in [2.45, 2.75) is 87.8 Å². The summed E-state index contributed by atoms with van der Waals surface area (Å²) < 4.78 is -0.961. The van der Waals surface area contributed by atoms with Crippen LogP contribution in [0.2, 0.25) is 0 Å². The summed E-state index contributed by atoms with van der Waals surface area (Å²) in [6.07, 6.45) is 5.35. The van der Waals surface area contributed by atoms with Gasteiger partial charge >= 0.3 is 0 Å². The minimum Gasteiger partial charge on any atom is -0.394 e. The molecule has 3 fully saturated rings. The molecule has 0 aromatic rings. The topological polar surface area (TPSA) is 98.7 Å². The van der Waals surface area contributed by atoms with Gasteiger partial charge in [-0.15, -0.1) is 11.8 Å². The fourth-order valence-electron chi connectivity index (χ4n) is 6.07. The predicted molar refractivity (Wildman–Crippen MR) is 123 cm³/mol. The average Bonchev–Trinajstić information content (AvgIpc) is 3.32. The zero-order valence-corrected chi connectivity index (χ0v) is 20.4. The number of nitrogens with zero attached hydrogens (tertiary/aromatic N) is 1. The number of fused-ring (bicyclic) bond motifs is 1. The van der Waals surface area contributed by atoms with Crippen LogP contribution >= 0.6 is 11.8 Å². The van der Waals surface area contributed by atoms with Gasteiger partial charge in [-0.25, -0.2) is 0 Å². The summed E-state index contributed by atoms with van der Waals surface area (Å²) in [5.74, 6) is -1.33. The Morgan fingerprint density at radius 3 is 2.55 bits per heavy atom. The van der Waals surface area contributed by atoms with E-state index in [2.05, 4.69) is 24.5 Å². The van der Waals surface area contributed by atoms with E-state index in [1.165, 1.54) is 0 Å². The molecule has 0 aliphatic carbocycles. The third-order valence-corrected chi connectivity index (χ3v) is 9.90. The molecular weight excluding hydrogens is 414 g/mol. The second kappa shape index (κ2) is 9.30. The lowest BCUT2D eigenvalue weighted by molar-refractivity contribution is -0.144. The van der Waals surface area contributed by atoms with Crippen LogP contribution < -0.4 is 10.6 Å². The van der Waals surface area contributed by atoms with Crippen LogP contribution in [0.25, 0.3) is 0 Å². The number of aliphatic hydroxyl groups is 1. The number of hydrogen-bond donors (Lipinski definition) is 3. The molecule has 0 aromatic heterocycles. The molecular formula is C23H39N3O4S. The highest BCUT2D eigenvalue weighted by molar-refractivity contribution is 8.02. The van der Waals surface area contributed by atoms with Crippen molar-refractivity contribution in [1.82, 2.24) is 15.5 Å². The van der Waals surface area contributed by atoms with E-state index in [-0.39, 0.29) is 35.0 Å². The van der Waals surface area contributed by atoms with Crippen LogP contribution in [0.3, 0.4) is 0 Å². The molecule has 3 aliphatic heterocycles. The summed E-state index contributed by atoms with van der Waals surface area (Å²) in [5.41, 5.74) is 0. The van der Waals surface area contributed by atoms with Crippen molar-refractivity contribution < 1.29 is 19.5 Å². The van der Waals surface area contributed by atoms with Gasteiger partial charge in [0.1, 0.15) is 6.04 Å². The standard InChI is InChI=1S/C23H39N3O4S/c1-6-8-9-12-25-20(29)18-23-11-10-22(4,31-23)16(19(28)24-5)17(23)21(30)26(18)15(13-27)14(3)7-2/h14-18,27H,6-13H2,1-5H3,(H,24,28)(H,25,29)/t14-,15-,16-,17-,18?,22+,23?/m0/s1. The molecule has 0 saturated carbocycles. The Morgan fingerprint density at radius 2 is 1.97 bits per heavy atom. The zero-order valence-electron chi connectivity index (χ0n) is 19.6. The molecule has 2 bridgehead atoms. The minimum absolute atomic E-state index is 0.0517. The van der Waals surface area contributed by atoms with Gasteiger partial charge in [-0.1, -0.05) is 40.0 Å². The molecule has 0 radical (unpaired) electrons. The van der Waals surface area contributed by atoms with Crippen molar-refractivity contribution in [2.24, 2.45) is 17.8 Å². The summed E-state index contributed by atoms with van der Waals surface area (Å²) in [7, 11) is 1.61. The van der Waals surface area contributed by atoms with Crippen LogP contribution in [-0.4, -0.2) is 69.5 Å². The van der Waals surface area contributed by atoms with E-state index < -0.39 is 28.7 Å². The van der Waals surface area contributed by atoms with Gasteiger partial charge in [0.2, 0.25) is 17.7 Å².